The first kappa shape index (κ1) is 33.2. The van der Waals surface area contributed by atoms with Gasteiger partial charge in [-0.15, -0.1) is 0 Å². The van der Waals surface area contributed by atoms with Gasteiger partial charge in [-0.05, 0) is 129 Å². The topological polar surface area (TPSA) is 66.9 Å². The van der Waals surface area contributed by atoms with Gasteiger partial charge in [-0.3, -0.25) is 14.4 Å². The molecule has 8 atom stereocenters. The number of piperidine rings is 1. The van der Waals surface area contributed by atoms with Crippen LogP contribution in [-0.4, -0.2) is 66.8 Å². The van der Waals surface area contributed by atoms with E-state index in [1.807, 2.05) is 0 Å². The predicted octanol–water partition coefficient (Wildman–Crippen LogP) is 7.45. The summed E-state index contributed by atoms with van der Waals surface area (Å²) in [6.45, 7) is 19.9. The Morgan fingerprint density at radius 1 is 0.844 bits per heavy atom. The van der Waals surface area contributed by atoms with Crippen LogP contribution in [0, 0.1) is 50.7 Å². The number of fused-ring (bicyclic) bond motifs is 7. The molecule has 0 aromatic heterocycles. The lowest BCUT2D eigenvalue weighted by Gasteiger charge is -2.72. The molecule has 4 saturated carbocycles. The van der Waals surface area contributed by atoms with E-state index < -0.39 is 5.41 Å². The van der Waals surface area contributed by atoms with Gasteiger partial charge >= 0.3 is 5.97 Å². The highest BCUT2D eigenvalue weighted by atomic mass is 16.5. The van der Waals surface area contributed by atoms with E-state index in [0.717, 1.165) is 76.5 Å². The molecule has 0 N–H and O–H groups in total. The van der Waals surface area contributed by atoms with Crippen LogP contribution < -0.4 is 0 Å². The number of likely N-dealkylation sites (tertiary alicyclic amines) is 1. The Labute approximate surface area is 273 Å². The minimum absolute atomic E-state index is 0.0169. The Bertz CT molecular complexity index is 1280. The molecule has 0 aromatic carbocycles. The molecule has 0 bridgehead atoms. The van der Waals surface area contributed by atoms with Crippen LogP contribution in [0.2, 0.25) is 0 Å². The number of carbonyl (C=O) groups is 3. The SMILES string of the molecule is CC(=O)O[C@H]1CC[C@]2(C)[C@H]3CC[C@@H]4C5=C(C(C)C)C(=O)C[C@]5(C(=O)N5CCC(N(C)C)CC5)CC[C@@]4(C)[C@]3(C)CC[C@H]2C1(C)C. The van der Waals surface area contributed by atoms with Gasteiger partial charge in [-0.1, -0.05) is 48.5 Å². The van der Waals surface area contributed by atoms with E-state index in [1.54, 1.807) is 6.92 Å². The first-order valence-corrected chi connectivity index (χ1v) is 18.3. The van der Waals surface area contributed by atoms with E-state index >= 15 is 0 Å². The number of allylic oxidation sites excluding steroid dienone is 1. The Morgan fingerprint density at radius 3 is 2.11 bits per heavy atom. The van der Waals surface area contributed by atoms with Gasteiger partial charge in [-0.25, -0.2) is 0 Å². The van der Waals surface area contributed by atoms with Crippen LogP contribution in [0.5, 0.6) is 0 Å². The molecule has 0 spiro atoms. The van der Waals surface area contributed by atoms with Crippen LogP contribution in [0.3, 0.4) is 0 Å². The number of rotatable bonds is 4. The third-order valence-corrected chi connectivity index (χ3v) is 15.6. The summed E-state index contributed by atoms with van der Waals surface area (Å²) in [4.78, 5) is 45.3. The molecule has 0 aromatic rings. The minimum Gasteiger partial charge on any atom is -0.462 e. The summed E-state index contributed by atoms with van der Waals surface area (Å²) in [7, 11) is 4.29. The molecule has 252 valence electrons. The van der Waals surface area contributed by atoms with Crippen LogP contribution in [-0.2, 0) is 19.1 Å². The van der Waals surface area contributed by atoms with Crippen molar-refractivity contribution in [3.05, 3.63) is 11.1 Å². The zero-order chi connectivity index (χ0) is 32.9. The molecule has 5 fully saturated rings. The normalized spacial score (nSPS) is 43.1. The van der Waals surface area contributed by atoms with Crippen molar-refractivity contribution in [1.29, 1.82) is 0 Å². The fourth-order valence-corrected chi connectivity index (χ4v) is 13.2. The number of carbonyl (C=O) groups excluding carboxylic acids is 3. The molecule has 5 aliphatic carbocycles. The van der Waals surface area contributed by atoms with Crippen molar-refractivity contribution in [1.82, 2.24) is 9.80 Å². The second-order valence-corrected chi connectivity index (χ2v) is 18.2. The lowest BCUT2D eigenvalue weighted by atomic mass is 9.33. The number of ether oxygens (including phenoxy) is 1. The number of hydrogen-bond acceptors (Lipinski definition) is 5. The van der Waals surface area contributed by atoms with Crippen molar-refractivity contribution in [2.24, 2.45) is 50.7 Å². The Kier molecular flexibility index (Phi) is 8.06. The number of amides is 1. The van der Waals surface area contributed by atoms with Crippen molar-refractivity contribution >= 4 is 17.7 Å². The van der Waals surface area contributed by atoms with Gasteiger partial charge in [0.25, 0.3) is 0 Å². The Hall–Kier alpha value is -1.69. The van der Waals surface area contributed by atoms with E-state index in [9.17, 15) is 14.4 Å². The Balaban J connectivity index is 1.36. The van der Waals surface area contributed by atoms with Crippen molar-refractivity contribution in [3.63, 3.8) is 0 Å². The highest BCUT2D eigenvalue weighted by molar-refractivity contribution is 6.07. The van der Waals surface area contributed by atoms with Gasteiger partial charge in [0.05, 0.1) is 5.41 Å². The maximum Gasteiger partial charge on any atom is 0.302 e. The first-order valence-electron chi connectivity index (χ1n) is 18.3. The minimum atomic E-state index is -0.639. The Morgan fingerprint density at radius 2 is 1.51 bits per heavy atom. The smallest absolute Gasteiger partial charge is 0.302 e. The molecular formula is C39H62N2O4. The van der Waals surface area contributed by atoms with E-state index in [2.05, 4.69) is 72.4 Å². The zero-order valence-electron chi connectivity index (χ0n) is 30.2. The van der Waals surface area contributed by atoms with Gasteiger partial charge in [0.15, 0.2) is 5.78 Å². The third kappa shape index (κ3) is 4.60. The molecule has 1 heterocycles. The van der Waals surface area contributed by atoms with Gasteiger partial charge < -0.3 is 14.5 Å². The van der Waals surface area contributed by atoms with Gasteiger partial charge in [0.2, 0.25) is 5.91 Å². The van der Waals surface area contributed by atoms with Crippen molar-refractivity contribution < 1.29 is 19.1 Å². The molecule has 0 radical (unpaired) electrons. The lowest BCUT2D eigenvalue weighted by Crippen LogP contribution is -2.66. The fraction of sp³-hybridized carbons (Fsp3) is 0.872. The third-order valence-electron chi connectivity index (χ3n) is 15.6. The summed E-state index contributed by atoms with van der Waals surface area (Å²) in [5.74, 6) is 1.85. The van der Waals surface area contributed by atoms with E-state index in [-0.39, 0.29) is 57.3 Å². The molecule has 6 heteroatoms. The number of esters is 1. The van der Waals surface area contributed by atoms with Gasteiger partial charge in [0.1, 0.15) is 6.10 Å². The molecule has 45 heavy (non-hydrogen) atoms. The standard InChI is InChI=1S/C39H62N2O4/c1-24(2)32-28(43)23-39(34(44)41-21-15-26(16-22-41)40(9)10)20-19-37(7)27(33(32)39)11-12-30-36(6)17-14-31(45-25(3)42)35(4,5)29(36)13-18-38(30,37)8/h24,26-27,29-31H,11-23H2,1-10H3/t27-,29+,30-,31+,36+,37-,38-,39-/m1/s1. The quantitative estimate of drug-likeness (QED) is 0.305. The lowest BCUT2D eigenvalue weighted by molar-refractivity contribution is -0.232. The molecular weight excluding hydrogens is 560 g/mol. The average molecular weight is 623 g/mol. The van der Waals surface area contributed by atoms with Crippen LogP contribution in [0.25, 0.3) is 0 Å². The second-order valence-electron chi connectivity index (χ2n) is 18.2. The number of hydrogen-bond donors (Lipinski definition) is 0. The summed E-state index contributed by atoms with van der Waals surface area (Å²) in [6.07, 6.45) is 10.8. The summed E-state index contributed by atoms with van der Waals surface area (Å²) >= 11 is 0. The summed E-state index contributed by atoms with van der Waals surface area (Å²) in [5.41, 5.74) is 1.95. The fourth-order valence-electron chi connectivity index (χ4n) is 13.2. The van der Waals surface area contributed by atoms with Crippen molar-refractivity contribution in [2.75, 3.05) is 27.2 Å². The van der Waals surface area contributed by atoms with Crippen LogP contribution in [0.1, 0.15) is 126 Å². The number of nitrogens with zero attached hydrogens (tertiary/aromatic N) is 2. The van der Waals surface area contributed by atoms with E-state index in [1.165, 1.54) is 12.0 Å². The molecule has 1 amide bonds. The summed E-state index contributed by atoms with van der Waals surface area (Å²) in [5, 5.41) is 0. The molecule has 1 aliphatic heterocycles. The van der Waals surface area contributed by atoms with E-state index in [0.29, 0.717) is 24.3 Å². The highest BCUT2D eigenvalue weighted by Crippen LogP contribution is 2.76. The molecule has 1 saturated heterocycles. The highest BCUT2D eigenvalue weighted by Gasteiger charge is 2.71. The average Bonchev–Trinajstić information content (AvgIpc) is 3.27. The summed E-state index contributed by atoms with van der Waals surface area (Å²) < 4.78 is 5.94. The first-order chi connectivity index (χ1) is 20.9. The summed E-state index contributed by atoms with van der Waals surface area (Å²) in [6, 6.07) is 0.522. The monoisotopic (exact) mass is 622 g/mol. The van der Waals surface area contributed by atoms with Gasteiger partial charge in [0, 0.05) is 37.9 Å². The second kappa shape index (κ2) is 10.9. The van der Waals surface area contributed by atoms with Crippen LogP contribution >= 0.6 is 0 Å². The molecule has 0 unspecified atom stereocenters. The molecule has 6 rings (SSSR count). The van der Waals surface area contributed by atoms with Crippen LogP contribution in [0.4, 0.5) is 0 Å². The van der Waals surface area contributed by atoms with E-state index in [4.69, 9.17) is 4.74 Å². The number of Topliss-reactive ketones (excluding diaryl/α,β-unsaturated/α-hetero) is 1. The molecule has 6 nitrogen and oxygen atoms in total. The van der Waals surface area contributed by atoms with Gasteiger partial charge in [-0.2, -0.15) is 0 Å². The van der Waals surface area contributed by atoms with Crippen molar-refractivity contribution in [2.45, 2.75) is 138 Å². The number of ketones is 1. The molecule has 6 aliphatic rings. The largest absolute Gasteiger partial charge is 0.462 e. The zero-order valence-corrected chi connectivity index (χ0v) is 30.2. The maximum atomic E-state index is 14.8. The predicted molar refractivity (Wildman–Crippen MR) is 178 cm³/mol. The van der Waals surface area contributed by atoms with Crippen molar-refractivity contribution in [3.8, 4) is 0 Å². The van der Waals surface area contributed by atoms with Crippen LogP contribution in [0.15, 0.2) is 11.1 Å². The maximum absolute atomic E-state index is 14.8.